The zero-order valence-corrected chi connectivity index (χ0v) is 7.51. The summed E-state index contributed by atoms with van der Waals surface area (Å²) in [5.41, 5.74) is -2.92. The van der Waals surface area contributed by atoms with E-state index in [-0.39, 0.29) is 0 Å². The lowest BCUT2D eigenvalue weighted by Crippen LogP contribution is -2.20. The average molecular weight is 221 g/mol. The molecule has 0 unspecified atom stereocenters. The van der Waals surface area contributed by atoms with E-state index in [4.69, 9.17) is 0 Å². The van der Waals surface area contributed by atoms with Gasteiger partial charge in [-0.1, -0.05) is 0 Å². The fourth-order valence-electron chi connectivity index (χ4n) is 0.974. The maximum atomic E-state index is 12.3. The van der Waals surface area contributed by atoms with Gasteiger partial charge in [-0.05, 0) is 6.07 Å². The number of carbonyl (C=O) groups excluding carboxylic acids is 1. The zero-order chi connectivity index (χ0) is 11.6. The molecule has 4 nitrogen and oxygen atoms in total. The summed E-state index contributed by atoms with van der Waals surface area (Å²) in [6.45, 7) is 0. The largest absolute Gasteiger partial charge is 0.464 e. The Morgan fingerprint density at radius 1 is 1.40 bits per heavy atom. The van der Waals surface area contributed by atoms with E-state index < -0.39 is 29.0 Å². The maximum absolute atomic E-state index is 12.3. The minimum absolute atomic E-state index is 0.533. The summed E-state index contributed by atoms with van der Waals surface area (Å²) in [5.74, 6) is -1.24. The van der Waals surface area contributed by atoms with E-state index >= 15 is 0 Å². The molecule has 0 fully saturated rings. The molecule has 1 aromatic heterocycles. The Kier molecular flexibility index (Phi) is 2.83. The summed E-state index contributed by atoms with van der Waals surface area (Å²) in [6, 6.07) is 1.22. The summed E-state index contributed by atoms with van der Waals surface area (Å²) >= 11 is 0. The number of esters is 1. The van der Waals surface area contributed by atoms with Gasteiger partial charge >= 0.3 is 12.1 Å². The molecule has 1 N–H and O–H groups in total. The van der Waals surface area contributed by atoms with Crippen LogP contribution in [0.2, 0.25) is 0 Å². The van der Waals surface area contributed by atoms with Gasteiger partial charge in [-0.15, -0.1) is 0 Å². The molecule has 0 saturated heterocycles. The molecule has 1 rings (SSSR count). The maximum Gasteiger partial charge on any atom is 0.418 e. The normalized spacial score (nSPS) is 11.2. The molecule has 1 heterocycles. The first-order valence-electron chi connectivity index (χ1n) is 3.75. The van der Waals surface area contributed by atoms with E-state index in [1.54, 1.807) is 4.98 Å². The number of rotatable bonds is 1. The number of ether oxygens (including phenoxy) is 1. The minimum atomic E-state index is -4.71. The van der Waals surface area contributed by atoms with E-state index in [0.717, 1.165) is 7.11 Å². The van der Waals surface area contributed by atoms with Crippen LogP contribution in [0.3, 0.4) is 0 Å². The molecular weight excluding hydrogens is 215 g/mol. The number of carbonyl (C=O) groups is 1. The average Bonchev–Trinajstić information content (AvgIpc) is 2.14. The van der Waals surface area contributed by atoms with Crippen molar-refractivity contribution < 1.29 is 22.7 Å². The van der Waals surface area contributed by atoms with Crippen LogP contribution in [0.1, 0.15) is 16.1 Å². The predicted octanol–water partition coefficient (Wildman–Crippen LogP) is 1.18. The van der Waals surface area contributed by atoms with E-state index in [0.29, 0.717) is 12.1 Å². The van der Waals surface area contributed by atoms with Crippen molar-refractivity contribution in [3.8, 4) is 0 Å². The molecule has 82 valence electrons. The molecule has 0 aliphatic heterocycles. The monoisotopic (exact) mass is 221 g/mol. The number of alkyl halides is 3. The van der Waals surface area contributed by atoms with Crippen molar-refractivity contribution in [2.75, 3.05) is 7.11 Å². The lowest BCUT2D eigenvalue weighted by atomic mass is 10.2. The fraction of sp³-hybridized carbons (Fsp3) is 0.250. The number of halogens is 3. The van der Waals surface area contributed by atoms with E-state index in [2.05, 4.69) is 4.74 Å². The third-order valence-electron chi connectivity index (χ3n) is 1.61. The minimum Gasteiger partial charge on any atom is -0.464 e. The lowest BCUT2D eigenvalue weighted by molar-refractivity contribution is -0.138. The summed E-state index contributed by atoms with van der Waals surface area (Å²) in [7, 11) is 0.924. The van der Waals surface area contributed by atoms with Crippen LogP contribution in [0.15, 0.2) is 16.9 Å². The first-order chi connectivity index (χ1) is 6.86. The number of pyridine rings is 1. The second-order valence-corrected chi connectivity index (χ2v) is 2.60. The summed E-state index contributed by atoms with van der Waals surface area (Å²) in [6.07, 6.45) is -4.71. The third-order valence-corrected chi connectivity index (χ3v) is 1.61. The van der Waals surface area contributed by atoms with Gasteiger partial charge in [-0.2, -0.15) is 13.2 Å². The number of methoxy groups -OCH3 is 1. The molecule has 0 aliphatic rings. The van der Waals surface area contributed by atoms with Gasteiger partial charge in [0.25, 0.3) is 0 Å². The molecule has 0 amide bonds. The Hall–Kier alpha value is -1.79. The molecule has 15 heavy (non-hydrogen) atoms. The number of H-pyrrole nitrogens is 1. The van der Waals surface area contributed by atoms with E-state index in [9.17, 15) is 22.8 Å². The molecule has 0 spiro atoms. The molecule has 0 radical (unpaired) electrons. The lowest BCUT2D eigenvalue weighted by Gasteiger charge is -2.09. The van der Waals surface area contributed by atoms with Crippen molar-refractivity contribution in [3.05, 3.63) is 33.7 Å². The summed E-state index contributed by atoms with van der Waals surface area (Å²) in [4.78, 5) is 23.5. The number of hydrogen-bond acceptors (Lipinski definition) is 3. The van der Waals surface area contributed by atoms with Crippen LogP contribution >= 0.6 is 0 Å². The van der Waals surface area contributed by atoms with Gasteiger partial charge in [0, 0.05) is 6.07 Å². The van der Waals surface area contributed by atoms with Gasteiger partial charge in [0.05, 0.1) is 12.7 Å². The van der Waals surface area contributed by atoms with Crippen molar-refractivity contribution >= 4 is 5.97 Å². The Morgan fingerprint density at radius 3 is 2.47 bits per heavy atom. The van der Waals surface area contributed by atoms with Crippen molar-refractivity contribution in [3.63, 3.8) is 0 Å². The van der Waals surface area contributed by atoms with Crippen molar-refractivity contribution in [2.24, 2.45) is 0 Å². The van der Waals surface area contributed by atoms with Crippen LogP contribution in [-0.4, -0.2) is 18.1 Å². The molecule has 0 bridgehead atoms. The van der Waals surface area contributed by atoms with Crippen LogP contribution in [-0.2, 0) is 10.9 Å². The standard InChI is InChI=1S/C8H6F3NO3/c1-15-7(14)6-4(8(9,10)11)2-3-5(13)12-6/h2-3H,1H3,(H,12,13). The highest BCUT2D eigenvalue weighted by Gasteiger charge is 2.36. The quantitative estimate of drug-likeness (QED) is 0.724. The number of hydrogen-bond donors (Lipinski definition) is 1. The Balaban J connectivity index is 3.40. The van der Waals surface area contributed by atoms with Gasteiger partial charge in [-0.3, -0.25) is 4.79 Å². The van der Waals surface area contributed by atoms with Crippen LogP contribution in [0.5, 0.6) is 0 Å². The first-order valence-corrected chi connectivity index (χ1v) is 3.75. The van der Waals surface area contributed by atoms with Gasteiger partial charge in [0.2, 0.25) is 5.56 Å². The van der Waals surface area contributed by atoms with Gasteiger partial charge in [-0.25, -0.2) is 4.79 Å². The summed E-state index contributed by atoms with van der Waals surface area (Å²) in [5, 5.41) is 0. The number of aromatic nitrogens is 1. The smallest absolute Gasteiger partial charge is 0.418 e. The first kappa shape index (κ1) is 11.3. The topological polar surface area (TPSA) is 59.2 Å². The second kappa shape index (κ2) is 3.76. The molecular formula is C8H6F3NO3. The van der Waals surface area contributed by atoms with E-state index in [1.165, 1.54) is 0 Å². The second-order valence-electron chi connectivity index (χ2n) is 2.60. The number of aromatic amines is 1. The Labute approximate surface area is 81.7 Å². The van der Waals surface area contributed by atoms with Crippen LogP contribution < -0.4 is 5.56 Å². The van der Waals surface area contributed by atoms with Crippen molar-refractivity contribution in [1.82, 2.24) is 4.98 Å². The highest BCUT2D eigenvalue weighted by atomic mass is 19.4. The third kappa shape index (κ3) is 2.36. The SMILES string of the molecule is COC(=O)c1[nH]c(=O)ccc1C(F)(F)F. The van der Waals surface area contributed by atoms with Crippen molar-refractivity contribution in [2.45, 2.75) is 6.18 Å². The zero-order valence-electron chi connectivity index (χ0n) is 7.51. The number of nitrogens with one attached hydrogen (secondary N) is 1. The molecule has 0 aromatic carbocycles. The van der Waals surface area contributed by atoms with Crippen molar-refractivity contribution in [1.29, 1.82) is 0 Å². The molecule has 7 heteroatoms. The predicted molar refractivity (Wildman–Crippen MR) is 43.4 cm³/mol. The Bertz CT molecular complexity index is 435. The van der Waals surface area contributed by atoms with Crippen LogP contribution in [0.4, 0.5) is 13.2 Å². The fourth-order valence-corrected chi connectivity index (χ4v) is 0.974. The summed E-state index contributed by atoms with van der Waals surface area (Å²) < 4.78 is 41.2. The van der Waals surface area contributed by atoms with Crippen LogP contribution in [0, 0.1) is 0 Å². The van der Waals surface area contributed by atoms with E-state index in [1.807, 2.05) is 0 Å². The highest BCUT2D eigenvalue weighted by molar-refractivity contribution is 5.88. The molecule has 0 aliphatic carbocycles. The molecule has 1 aromatic rings. The van der Waals surface area contributed by atoms with Crippen LogP contribution in [0.25, 0.3) is 0 Å². The van der Waals surface area contributed by atoms with Gasteiger partial charge < -0.3 is 9.72 Å². The van der Waals surface area contributed by atoms with Gasteiger partial charge in [0.15, 0.2) is 0 Å². The molecule has 0 atom stereocenters. The highest BCUT2D eigenvalue weighted by Crippen LogP contribution is 2.30. The van der Waals surface area contributed by atoms with Gasteiger partial charge in [0.1, 0.15) is 5.69 Å². The molecule has 0 saturated carbocycles. The Morgan fingerprint density at radius 2 is 2.00 bits per heavy atom.